The number of hydrogen-bond acceptors (Lipinski definition) is 5. The van der Waals surface area contributed by atoms with Crippen LogP contribution in [-0.4, -0.2) is 9.97 Å². The Morgan fingerprint density at radius 1 is 0.939 bits per heavy atom. The first-order valence-corrected chi connectivity index (χ1v) is 10.9. The molecule has 3 aromatic carbocycles. The highest BCUT2D eigenvalue weighted by Crippen LogP contribution is 2.26. The summed E-state index contributed by atoms with van der Waals surface area (Å²) in [7, 11) is 0. The number of rotatable bonds is 5. The van der Waals surface area contributed by atoms with Gasteiger partial charge in [0.2, 0.25) is 0 Å². The van der Waals surface area contributed by atoms with Crippen molar-refractivity contribution in [3.8, 4) is 28.3 Å². The van der Waals surface area contributed by atoms with Gasteiger partial charge < -0.3 is 14.1 Å². The Hall–Kier alpha value is -4.03. The Labute approximate surface area is 195 Å². The summed E-state index contributed by atoms with van der Waals surface area (Å²) < 4.78 is 11.7. The lowest BCUT2D eigenvalue weighted by Gasteiger charge is -2.10. The van der Waals surface area contributed by atoms with E-state index in [2.05, 4.69) is 9.97 Å². The van der Waals surface area contributed by atoms with Gasteiger partial charge in [-0.2, -0.15) is 0 Å². The summed E-state index contributed by atoms with van der Waals surface area (Å²) in [5.41, 5.74) is 5.73. The maximum atomic E-state index is 11.9. The second kappa shape index (κ2) is 8.84. The van der Waals surface area contributed by atoms with E-state index >= 15 is 0 Å². The standard InChI is InChI=1S/C27H20N2O3S/c1-17-7-12-25-22(13-17)20(14-26(30)32-25)16-31-21-10-8-19(9-11-21)24-15-23(28-27(33)29-24)18-5-3-2-4-6-18/h2-15H,16H2,1H3,(H,28,29,33). The first-order valence-electron chi connectivity index (χ1n) is 10.5. The van der Waals surface area contributed by atoms with Crippen LogP contribution in [0.15, 0.2) is 94.1 Å². The molecule has 0 fully saturated rings. The smallest absolute Gasteiger partial charge is 0.336 e. The van der Waals surface area contributed by atoms with Crippen molar-refractivity contribution in [2.75, 3.05) is 0 Å². The van der Waals surface area contributed by atoms with E-state index in [0.29, 0.717) is 16.1 Å². The van der Waals surface area contributed by atoms with Gasteiger partial charge in [0.25, 0.3) is 0 Å². The second-order valence-electron chi connectivity index (χ2n) is 7.75. The minimum absolute atomic E-state index is 0.265. The van der Waals surface area contributed by atoms with Crippen molar-refractivity contribution in [3.63, 3.8) is 0 Å². The number of ether oxygens (including phenoxy) is 1. The molecule has 1 N–H and O–H groups in total. The van der Waals surface area contributed by atoms with E-state index in [4.69, 9.17) is 21.4 Å². The average Bonchev–Trinajstić information content (AvgIpc) is 2.83. The lowest BCUT2D eigenvalue weighted by Crippen LogP contribution is -2.04. The lowest BCUT2D eigenvalue weighted by molar-refractivity contribution is 0.306. The monoisotopic (exact) mass is 452 g/mol. The van der Waals surface area contributed by atoms with E-state index in [0.717, 1.165) is 39.0 Å². The van der Waals surface area contributed by atoms with Crippen LogP contribution in [0.1, 0.15) is 11.1 Å². The number of aryl methyl sites for hydroxylation is 1. The van der Waals surface area contributed by atoms with Gasteiger partial charge in [0, 0.05) is 28.3 Å². The third kappa shape index (κ3) is 4.61. The van der Waals surface area contributed by atoms with Crippen LogP contribution in [0.2, 0.25) is 0 Å². The highest BCUT2D eigenvalue weighted by molar-refractivity contribution is 7.71. The van der Waals surface area contributed by atoms with Crippen molar-refractivity contribution in [2.24, 2.45) is 0 Å². The van der Waals surface area contributed by atoms with Crippen LogP contribution in [0.4, 0.5) is 0 Å². The second-order valence-corrected chi connectivity index (χ2v) is 8.14. The number of nitrogens with zero attached hydrogens (tertiary/aromatic N) is 1. The summed E-state index contributed by atoms with van der Waals surface area (Å²) >= 11 is 5.34. The molecule has 2 aromatic heterocycles. The maximum absolute atomic E-state index is 11.9. The molecular formula is C27H20N2O3S. The number of nitrogens with one attached hydrogen (secondary N) is 1. The first-order chi connectivity index (χ1) is 16.0. The minimum atomic E-state index is -0.387. The van der Waals surface area contributed by atoms with Crippen molar-refractivity contribution >= 4 is 23.2 Å². The third-order valence-electron chi connectivity index (χ3n) is 5.36. The number of fused-ring (bicyclic) bond motifs is 1. The van der Waals surface area contributed by atoms with E-state index < -0.39 is 0 Å². The van der Waals surface area contributed by atoms with Gasteiger partial charge in [0.15, 0.2) is 4.77 Å². The van der Waals surface area contributed by atoms with Gasteiger partial charge in [0.1, 0.15) is 17.9 Å². The molecule has 5 rings (SSSR count). The van der Waals surface area contributed by atoms with Crippen LogP contribution in [-0.2, 0) is 6.61 Å². The summed E-state index contributed by atoms with van der Waals surface area (Å²) in [4.78, 5) is 19.5. The van der Waals surface area contributed by atoms with Gasteiger partial charge in [-0.3, -0.25) is 0 Å². The molecule has 162 valence electrons. The van der Waals surface area contributed by atoms with Gasteiger partial charge in [-0.25, -0.2) is 9.78 Å². The number of aromatic nitrogens is 2. The molecule has 5 nitrogen and oxygen atoms in total. The van der Waals surface area contributed by atoms with Crippen LogP contribution in [0.25, 0.3) is 33.5 Å². The first kappa shape index (κ1) is 20.8. The molecule has 0 spiro atoms. The molecule has 0 saturated carbocycles. The van der Waals surface area contributed by atoms with E-state index in [9.17, 15) is 4.79 Å². The molecule has 0 unspecified atom stereocenters. The van der Waals surface area contributed by atoms with Crippen LogP contribution in [0.3, 0.4) is 0 Å². The number of hydrogen-bond donors (Lipinski definition) is 1. The fourth-order valence-corrected chi connectivity index (χ4v) is 3.93. The van der Waals surface area contributed by atoms with Crippen molar-refractivity contribution in [2.45, 2.75) is 13.5 Å². The van der Waals surface area contributed by atoms with Crippen LogP contribution < -0.4 is 10.4 Å². The van der Waals surface area contributed by atoms with E-state index in [1.807, 2.05) is 85.8 Å². The van der Waals surface area contributed by atoms with E-state index in [1.165, 1.54) is 6.07 Å². The van der Waals surface area contributed by atoms with E-state index in [1.54, 1.807) is 0 Å². The molecule has 0 aliphatic rings. The molecule has 0 saturated heterocycles. The van der Waals surface area contributed by atoms with Crippen LogP contribution >= 0.6 is 12.2 Å². The predicted octanol–water partition coefficient (Wildman–Crippen LogP) is 6.47. The molecule has 0 amide bonds. The summed E-state index contributed by atoms with van der Waals surface area (Å²) in [6, 6.07) is 26.9. The molecule has 0 radical (unpaired) electrons. The Morgan fingerprint density at radius 3 is 2.52 bits per heavy atom. The highest BCUT2D eigenvalue weighted by atomic mass is 32.1. The average molecular weight is 453 g/mol. The summed E-state index contributed by atoms with van der Waals surface area (Å²) in [6.45, 7) is 2.27. The van der Waals surface area contributed by atoms with Crippen LogP contribution in [0, 0.1) is 11.7 Å². The van der Waals surface area contributed by atoms with Crippen molar-refractivity contribution in [3.05, 3.63) is 111 Å². The fourth-order valence-electron chi connectivity index (χ4n) is 3.72. The number of H-pyrrole nitrogens is 1. The SMILES string of the molecule is Cc1ccc2oc(=O)cc(COc3ccc(-c4cc(-c5ccccc5)nc(=S)[nH]4)cc3)c2c1. The molecule has 2 heterocycles. The summed E-state index contributed by atoms with van der Waals surface area (Å²) in [5, 5.41) is 0.879. The third-order valence-corrected chi connectivity index (χ3v) is 5.55. The summed E-state index contributed by atoms with van der Waals surface area (Å²) in [6.07, 6.45) is 0. The molecule has 33 heavy (non-hydrogen) atoms. The Kier molecular flexibility index (Phi) is 5.59. The highest BCUT2D eigenvalue weighted by Gasteiger charge is 2.08. The van der Waals surface area contributed by atoms with Crippen molar-refractivity contribution < 1.29 is 9.15 Å². The predicted molar refractivity (Wildman–Crippen MR) is 132 cm³/mol. The van der Waals surface area contributed by atoms with Gasteiger partial charge in [0.05, 0.1) is 5.69 Å². The Morgan fingerprint density at radius 2 is 1.73 bits per heavy atom. The number of benzene rings is 3. The Bertz CT molecular complexity index is 1560. The van der Waals surface area contributed by atoms with Gasteiger partial charge in [-0.05, 0) is 67.2 Å². The minimum Gasteiger partial charge on any atom is -0.489 e. The van der Waals surface area contributed by atoms with Crippen LogP contribution in [0.5, 0.6) is 5.75 Å². The zero-order chi connectivity index (χ0) is 22.8. The molecule has 5 aromatic rings. The zero-order valence-electron chi connectivity index (χ0n) is 17.9. The molecule has 0 aliphatic carbocycles. The fraction of sp³-hybridized carbons (Fsp3) is 0.0741. The van der Waals surface area contributed by atoms with E-state index in [-0.39, 0.29) is 12.2 Å². The molecule has 0 atom stereocenters. The molecule has 0 aliphatic heterocycles. The van der Waals surface area contributed by atoms with Gasteiger partial charge in [-0.1, -0.05) is 42.0 Å². The van der Waals surface area contributed by atoms with Crippen molar-refractivity contribution in [1.29, 1.82) is 0 Å². The zero-order valence-corrected chi connectivity index (χ0v) is 18.7. The van der Waals surface area contributed by atoms with Gasteiger partial charge in [-0.15, -0.1) is 0 Å². The summed E-state index contributed by atoms with van der Waals surface area (Å²) in [5.74, 6) is 0.698. The van der Waals surface area contributed by atoms with Gasteiger partial charge >= 0.3 is 5.63 Å². The maximum Gasteiger partial charge on any atom is 0.336 e. The topological polar surface area (TPSA) is 68.1 Å². The Balaban J connectivity index is 1.39. The largest absolute Gasteiger partial charge is 0.489 e. The lowest BCUT2D eigenvalue weighted by atomic mass is 10.1. The molecular weight excluding hydrogens is 432 g/mol. The molecule has 6 heteroatoms. The normalized spacial score (nSPS) is 10.9. The quantitative estimate of drug-likeness (QED) is 0.245. The number of aromatic amines is 1. The molecule has 0 bridgehead atoms. The van der Waals surface area contributed by atoms with Crippen molar-refractivity contribution in [1.82, 2.24) is 9.97 Å².